The zero-order chi connectivity index (χ0) is 10.7. The van der Waals surface area contributed by atoms with Crippen molar-refractivity contribution in [1.82, 2.24) is 5.32 Å². The normalized spacial score (nSPS) is 20.9. The molecule has 0 saturated heterocycles. The molecule has 0 spiro atoms. The summed E-state index contributed by atoms with van der Waals surface area (Å²) in [7, 11) is 0. The molecule has 0 aliphatic heterocycles. The van der Waals surface area contributed by atoms with E-state index in [0.717, 1.165) is 12.8 Å². The van der Waals surface area contributed by atoms with E-state index in [9.17, 15) is 9.35 Å². The van der Waals surface area contributed by atoms with Crippen molar-refractivity contribution in [2.45, 2.75) is 44.0 Å². The molecule has 14 heavy (non-hydrogen) atoms. The number of aliphatic carboxylic acids is 1. The fourth-order valence-electron chi connectivity index (χ4n) is 1.08. The van der Waals surface area contributed by atoms with Gasteiger partial charge < -0.3 is 9.66 Å². The first kappa shape index (κ1) is 11.8. The molecule has 4 nitrogen and oxygen atoms in total. The Labute approximate surface area is 87.3 Å². The third-order valence-electron chi connectivity index (χ3n) is 2.17. The molecule has 2 atom stereocenters. The maximum absolute atomic E-state index is 11.5. The molecule has 82 valence electrons. The van der Waals surface area contributed by atoms with Crippen LogP contribution in [0.25, 0.3) is 0 Å². The number of nitrogens with one attached hydrogen (secondary N) is 1. The minimum atomic E-state index is -1.05. The lowest BCUT2D eigenvalue weighted by Crippen LogP contribution is -2.44. The second kappa shape index (κ2) is 5.00. The van der Waals surface area contributed by atoms with E-state index in [1.165, 1.54) is 0 Å². The van der Waals surface area contributed by atoms with Crippen molar-refractivity contribution in [3.8, 4) is 0 Å². The van der Waals surface area contributed by atoms with Gasteiger partial charge in [0.2, 0.25) is 0 Å². The summed E-state index contributed by atoms with van der Waals surface area (Å²) in [5.74, 6) is -0.686. The van der Waals surface area contributed by atoms with Gasteiger partial charge in [-0.1, -0.05) is 0 Å². The van der Waals surface area contributed by atoms with Crippen molar-refractivity contribution in [1.29, 1.82) is 0 Å². The van der Waals surface area contributed by atoms with Gasteiger partial charge in [0, 0.05) is 6.04 Å². The highest BCUT2D eigenvalue weighted by Crippen LogP contribution is 2.20. The molecule has 2 N–H and O–H groups in total. The highest BCUT2D eigenvalue weighted by Gasteiger charge is 2.31. The summed E-state index contributed by atoms with van der Waals surface area (Å²) in [6.07, 6.45) is 2.08. The van der Waals surface area contributed by atoms with E-state index in [4.69, 9.17) is 5.11 Å². The van der Waals surface area contributed by atoms with Crippen molar-refractivity contribution < 1.29 is 14.5 Å². The zero-order valence-corrected chi connectivity index (χ0v) is 9.34. The topological polar surface area (TPSA) is 72.4 Å². The zero-order valence-electron chi connectivity index (χ0n) is 8.53. The van der Waals surface area contributed by atoms with Crippen molar-refractivity contribution in [3.05, 3.63) is 0 Å². The summed E-state index contributed by atoms with van der Waals surface area (Å²) in [6.45, 7) is 3.68. The first-order valence-corrected chi connectivity index (χ1v) is 6.25. The SMILES string of the molecule is CC(C)[S+]([O-])C[C@H](NC1CC1)C(=O)O. The molecule has 1 saturated carbocycles. The quantitative estimate of drug-likeness (QED) is 0.632. The summed E-state index contributed by atoms with van der Waals surface area (Å²) < 4.78 is 11.5. The van der Waals surface area contributed by atoms with Crippen LogP contribution in [0.5, 0.6) is 0 Å². The Hall–Kier alpha value is -0.260. The maximum atomic E-state index is 11.5. The Morgan fingerprint density at radius 1 is 1.64 bits per heavy atom. The van der Waals surface area contributed by atoms with Gasteiger partial charge in [0.05, 0.1) is 0 Å². The summed E-state index contributed by atoms with van der Waals surface area (Å²) >= 11 is -1.05. The molecule has 0 heterocycles. The van der Waals surface area contributed by atoms with Crippen LogP contribution in [0.3, 0.4) is 0 Å². The van der Waals surface area contributed by atoms with E-state index >= 15 is 0 Å². The minimum Gasteiger partial charge on any atom is -0.616 e. The number of carbonyl (C=O) groups is 1. The predicted octanol–water partition coefficient (Wildman–Crippen LogP) is 0.349. The number of hydrogen-bond acceptors (Lipinski definition) is 3. The van der Waals surface area contributed by atoms with Crippen LogP contribution in [-0.2, 0) is 16.0 Å². The van der Waals surface area contributed by atoms with E-state index in [0.29, 0.717) is 6.04 Å². The van der Waals surface area contributed by atoms with E-state index in [2.05, 4.69) is 5.32 Å². The maximum Gasteiger partial charge on any atom is 0.325 e. The first-order chi connectivity index (χ1) is 6.50. The van der Waals surface area contributed by atoms with E-state index in [-0.39, 0.29) is 11.0 Å². The molecule has 0 amide bonds. The summed E-state index contributed by atoms with van der Waals surface area (Å²) in [4.78, 5) is 10.8. The molecule has 0 aromatic rings. The average molecular weight is 219 g/mol. The van der Waals surface area contributed by atoms with Crippen molar-refractivity contribution >= 4 is 17.1 Å². The van der Waals surface area contributed by atoms with Crippen molar-refractivity contribution in [2.75, 3.05) is 5.75 Å². The van der Waals surface area contributed by atoms with Gasteiger partial charge in [-0.25, -0.2) is 0 Å². The Bertz CT molecular complexity index is 206. The second-order valence-corrected chi connectivity index (χ2v) is 5.97. The molecule has 0 aromatic carbocycles. The molecule has 1 rings (SSSR count). The highest BCUT2D eigenvalue weighted by molar-refractivity contribution is 7.92. The van der Waals surface area contributed by atoms with Gasteiger partial charge in [-0.05, 0) is 37.9 Å². The van der Waals surface area contributed by atoms with E-state index < -0.39 is 23.2 Å². The smallest absolute Gasteiger partial charge is 0.325 e. The predicted molar refractivity (Wildman–Crippen MR) is 55.7 cm³/mol. The summed E-state index contributed by atoms with van der Waals surface area (Å²) in [6, 6.07) is -0.314. The number of rotatable bonds is 6. The van der Waals surface area contributed by atoms with Crippen LogP contribution < -0.4 is 5.32 Å². The average Bonchev–Trinajstić information content (AvgIpc) is 2.86. The number of carboxylic acid groups (broad SMARTS) is 1. The number of carboxylic acids is 1. The van der Waals surface area contributed by atoms with Crippen LogP contribution in [0.4, 0.5) is 0 Å². The van der Waals surface area contributed by atoms with Crippen LogP contribution in [0.2, 0.25) is 0 Å². The molecule has 0 bridgehead atoms. The van der Waals surface area contributed by atoms with Gasteiger partial charge >= 0.3 is 5.97 Å². The Morgan fingerprint density at radius 2 is 2.21 bits per heavy atom. The number of hydrogen-bond donors (Lipinski definition) is 2. The molecule has 1 unspecified atom stereocenters. The second-order valence-electron chi connectivity index (χ2n) is 3.93. The van der Waals surface area contributed by atoms with Gasteiger partial charge in [0.15, 0.2) is 6.04 Å². The molecule has 5 heteroatoms. The standard InChI is InChI=1S/C9H17NO3S/c1-6(2)14(13)5-8(9(11)12)10-7-3-4-7/h6-8,10H,3-5H2,1-2H3,(H,11,12)/t8-,14?/m0/s1. The molecule has 0 aromatic heterocycles. The third-order valence-corrected chi connectivity index (χ3v) is 3.88. The molecular formula is C9H17NO3S. The van der Waals surface area contributed by atoms with Gasteiger partial charge in [0.1, 0.15) is 11.0 Å². The fraction of sp³-hybridized carbons (Fsp3) is 0.889. The lowest BCUT2D eigenvalue weighted by Gasteiger charge is -2.19. The van der Waals surface area contributed by atoms with Gasteiger partial charge in [0.25, 0.3) is 0 Å². The monoisotopic (exact) mass is 219 g/mol. The third kappa shape index (κ3) is 3.86. The lowest BCUT2D eigenvalue weighted by molar-refractivity contribution is -0.138. The summed E-state index contributed by atoms with van der Waals surface area (Å²) in [5, 5.41) is 11.9. The van der Waals surface area contributed by atoms with Crippen LogP contribution >= 0.6 is 0 Å². The van der Waals surface area contributed by atoms with Gasteiger partial charge in [-0.2, -0.15) is 0 Å². The Morgan fingerprint density at radius 3 is 2.57 bits per heavy atom. The van der Waals surface area contributed by atoms with Crippen LogP contribution in [0.15, 0.2) is 0 Å². The molecule has 1 aliphatic rings. The first-order valence-electron chi connectivity index (χ1n) is 4.86. The van der Waals surface area contributed by atoms with E-state index in [1.54, 1.807) is 0 Å². The molecular weight excluding hydrogens is 202 g/mol. The van der Waals surface area contributed by atoms with Crippen LogP contribution in [0.1, 0.15) is 26.7 Å². The van der Waals surface area contributed by atoms with Crippen molar-refractivity contribution in [3.63, 3.8) is 0 Å². The Balaban J connectivity index is 2.37. The minimum absolute atomic E-state index is 0.0258. The van der Waals surface area contributed by atoms with Crippen molar-refractivity contribution in [2.24, 2.45) is 0 Å². The Kier molecular flexibility index (Phi) is 4.22. The highest BCUT2D eigenvalue weighted by atomic mass is 32.2. The van der Waals surface area contributed by atoms with Crippen LogP contribution in [0, 0.1) is 0 Å². The van der Waals surface area contributed by atoms with Gasteiger partial charge in [-0.3, -0.25) is 10.1 Å². The lowest BCUT2D eigenvalue weighted by atomic mass is 10.3. The largest absolute Gasteiger partial charge is 0.616 e. The van der Waals surface area contributed by atoms with E-state index in [1.807, 2.05) is 13.8 Å². The van der Waals surface area contributed by atoms with Crippen LogP contribution in [-0.4, -0.2) is 38.7 Å². The fourth-order valence-corrected chi connectivity index (χ4v) is 2.03. The molecule has 0 radical (unpaired) electrons. The van der Waals surface area contributed by atoms with Gasteiger partial charge in [-0.15, -0.1) is 0 Å². The molecule has 1 fully saturated rings. The summed E-state index contributed by atoms with van der Waals surface area (Å²) in [5.41, 5.74) is 0. The molecule has 1 aliphatic carbocycles.